The highest BCUT2D eigenvalue weighted by molar-refractivity contribution is 9.10. The van der Waals surface area contributed by atoms with Crippen LogP contribution in [0.1, 0.15) is 22.3 Å². The Morgan fingerprint density at radius 1 is 1.59 bits per heavy atom. The topological polar surface area (TPSA) is 46.3 Å². The largest absolute Gasteiger partial charge is 0.338 e. The standard InChI is InChI=1S/C13H17BrN2O/c1-9-6-11(14)2-3-12(9)13(17)16-5-4-10(7-15)8-16/h2-3,6,10H,4-5,7-8,15H2,1H3/t10-/m1/s1. The molecule has 1 amide bonds. The van der Waals surface area contributed by atoms with Gasteiger partial charge in [0.1, 0.15) is 0 Å². The number of carbonyl (C=O) groups is 1. The number of rotatable bonds is 2. The molecule has 2 rings (SSSR count). The molecule has 0 spiro atoms. The zero-order valence-electron chi connectivity index (χ0n) is 9.95. The van der Waals surface area contributed by atoms with Gasteiger partial charge in [-0.1, -0.05) is 15.9 Å². The number of amides is 1. The average Bonchev–Trinajstić information content (AvgIpc) is 2.76. The summed E-state index contributed by atoms with van der Waals surface area (Å²) in [6, 6.07) is 5.78. The molecule has 0 unspecified atom stereocenters. The lowest BCUT2D eigenvalue weighted by Crippen LogP contribution is -2.30. The van der Waals surface area contributed by atoms with Crippen molar-refractivity contribution in [3.63, 3.8) is 0 Å². The van der Waals surface area contributed by atoms with E-state index in [4.69, 9.17) is 5.73 Å². The van der Waals surface area contributed by atoms with Gasteiger partial charge in [-0.15, -0.1) is 0 Å². The van der Waals surface area contributed by atoms with Crippen molar-refractivity contribution in [2.24, 2.45) is 11.7 Å². The van der Waals surface area contributed by atoms with Crippen molar-refractivity contribution in [3.8, 4) is 0 Å². The second-order valence-electron chi connectivity index (χ2n) is 4.60. The van der Waals surface area contributed by atoms with E-state index in [-0.39, 0.29) is 5.91 Å². The Labute approximate surface area is 110 Å². The van der Waals surface area contributed by atoms with Crippen molar-refractivity contribution in [1.82, 2.24) is 4.90 Å². The molecule has 1 aliphatic heterocycles. The smallest absolute Gasteiger partial charge is 0.254 e. The highest BCUT2D eigenvalue weighted by Gasteiger charge is 2.26. The molecule has 0 radical (unpaired) electrons. The molecular formula is C13H17BrN2O. The minimum absolute atomic E-state index is 0.131. The number of hydrogen-bond acceptors (Lipinski definition) is 2. The van der Waals surface area contributed by atoms with E-state index in [1.807, 2.05) is 30.0 Å². The van der Waals surface area contributed by atoms with Gasteiger partial charge in [-0.3, -0.25) is 4.79 Å². The van der Waals surface area contributed by atoms with Crippen molar-refractivity contribution < 1.29 is 4.79 Å². The van der Waals surface area contributed by atoms with Gasteiger partial charge in [-0.25, -0.2) is 0 Å². The van der Waals surface area contributed by atoms with E-state index in [0.717, 1.165) is 35.1 Å². The predicted molar refractivity (Wildman–Crippen MR) is 71.9 cm³/mol. The number of aryl methyl sites for hydroxylation is 1. The first kappa shape index (κ1) is 12.6. The molecule has 1 heterocycles. The minimum Gasteiger partial charge on any atom is -0.338 e. The fourth-order valence-electron chi connectivity index (χ4n) is 2.25. The first-order valence-electron chi connectivity index (χ1n) is 5.87. The van der Waals surface area contributed by atoms with Crippen LogP contribution in [0.5, 0.6) is 0 Å². The van der Waals surface area contributed by atoms with E-state index in [1.54, 1.807) is 0 Å². The van der Waals surface area contributed by atoms with Gasteiger partial charge in [0.15, 0.2) is 0 Å². The Morgan fingerprint density at radius 2 is 2.35 bits per heavy atom. The average molecular weight is 297 g/mol. The van der Waals surface area contributed by atoms with Gasteiger partial charge < -0.3 is 10.6 Å². The molecule has 17 heavy (non-hydrogen) atoms. The number of halogens is 1. The van der Waals surface area contributed by atoms with Crippen LogP contribution in [0, 0.1) is 12.8 Å². The summed E-state index contributed by atoms with van der Waals surface area (Å²) < 4.78 is 1.01. The second kappa shape index (κ2) is 5.19. The van der Waals surface area contributed by atoms with Crippen molar-refractivity contribution in [2.45, 2.75) is 13.3 Å². The van der Waals surface area contributed by atoms with Gasteiger partial charge in [-0.05, 0) is 49.6 Å². The maximum Gasteiger partial charge on any atom is 0.254 e. The summed E-state index contributed by atoms with van der Waals surface area (Å²) in [4.78, 5) is 14.2. The van der Waals surface area contributed by atoms with Crippen LogP contribution in [0.25, 0.3) is 0 Å². The second-order valence-corrected chi connectivity index (χ2v) is 5.52. The van der Waals surface area contributed by atoms with Gasteiger partial charge >= 0.3 is 0 Å². The number of likely N-dealkylation sites (tertiary alicyclic amines) is 1. The minimum atomic E-state index is 0.131. The molecule has 0 bridgehead atoms. The summed E-state index contributed by atoms with van der Waals surface area (Å²) in [6.07, 6.45) is 1.03. The summed E-state index contributed by atoms with van der Waals surface area (Å²) in [5, 5.41) is 0. The molecule has 92 valence electrons. The quantitative estimate of drug-likeness (QED) is 0.909. The highest BCUT2D eigenvalue weighted by atomic mass is 79.9. The third kappa shape index (κ3) is 2.69. The third-order valence-corrected chi connectivity index (χ3v) is 3.82. The monoisotopic (exact) mass is 296 g/mol. The van der Waals surface area contributed by atoms with E-state index in [9.17, 15) is 4.79 Å². The van der Waals surface area contributed by atoms with Crippen LogP contribution in [-0.4, -0.2) is 30.4 Å². The van der Waals surface area contributed by atoms with Crippen LogP contribution >= 0.6 is 15.9 Å². The van der Waals surface area contributed by atoms with Crippen molar-refractivity contribution >= 4 is 21.8 Å². The molecule has 1 aromatic rings. The lowest BCUT2D eigenvalue weighted by atomic mass is 10.1. The van der Waals surface area contributed by atoms with Gasteiger partial charge in [-0.2, -0.15) is 0 Å². The number of nitrogens with two attached hydrogens (primary N) is 1. The molecule has 4 heteroatoms. The predicted octanol–water partition coefficient (Wildman–Crippen LogP) is 2.18. The molecule has 2 N–H and O–H groups in total. The summed E-state index contributed by atoms with van der Waals surface area (Å²) in [6.45, 7) is 4.26. The molecule has 3 nitrogen and oxygen atoms in total. The molecule has 1 atom stereocenters. The fourth-order valence-corrected chi connectivity index (χ4v) is 2.72. The lowest BCUT2D eigenvalue weighted by Gasteiger charge is -2.17. The number of nitrogens with zero attached hydrogens (tertiary/aromatic N) is 1. The first-order valence-corrected chi connectivity index (χ1v) is 6.66. The van der Waals surface area contributed by atoms with Gasteiger partial charge in [0.05, 0.1) is 0 Å². The molecule has 1 fully saturated rings. The Kier molecular flexibility index (Phi) is 3.84. The van der Waals surface area contributed by atoms with Crippen LogP contribution < -0.4 is 5.73 Å². The zero-order chi connectivity index (χ0) is 12.4. The summed E-state index contributed by atoms with van der Waals surface area (Å²) >= 11 is 3.41. The molecule has 1 aliphatic rings. The maximum absolute atomic E-state index is 12.3. The summed E-state index contributed by atoms with van der Waals surface area (Å²) in [5.41, 5.74) is 7.45. The summed E-state index contributed by atoms with van der Waals surface area (Å²) in [7, 11) is 0. The van der Waals surface area contributed by atoms with Crippen molar-refractivity contribution in [2.75, 3.05) is 19.6 Å². The number of carbonyl (C=O) groups excluding carboxylic acids is 1. The zero-order valence-corrected chi connectivity index (χ0v) is 11.5. The Bertz CT molecular complexity index is 433. The van der Waals surface area contributed by atoms with Gasteiger partial charge in [0.2, 0.25) is 0 Å². The van der Waals surface area contributed by atoms with Crippen LogP contribution in [0.3, 0.4) is 0 Å². The molecule has 0 aliphatic carbocycles. The SMILES string of the molecule is Cc1cc(Br)ccc1C(=O)N1CC[C@H](CN)C1. The van der Waals surface area contributed by atoms with E-state index in [0.29, 0.717) is 12.5 Å². The maximum atomic E-state index is 12.3. The number of benzene rings is 1. The van der Waals surface area contributed by atoms with E-state index >= 15 is 0 Å². The Morgan fingerprint density at radius 3 is 2.94 bits per heavy atom. The fraction of sp³-hybridized carbons (Fsp3) is 0.462. The first-order chi connectivity index (χ1) is 8.11. The van der Waals surface area contributed by atoms with Crippen LogP contribution in [0.15, 0.2) is 22.7 Å². The van der Waals surface area contributed by atoms with E-state index < -0.39 is 0 Å². The van der Waals surface area contributed by atoms with Crippen LogP contribution in [0.4, 0.5) is 0 Å². The van der Waals surface area contributed by atoms with Gasteiger partial charge in [0.25, 0.3) is 5.91 Å². The molecule has 0 saturated carbocycles. The highest BCUT2D eigenvalue weighted by Crippen LogP contribution is 2.21. The molecule has 1 saturated heterocycles. The van der Waals surface area contributed by atoms with Crippen molar-refractivity contribution in [1.29, 1.82) is 0 Å². The lowest BCUT2D eigenvalue weighted by molar-refractivity contribution is 0.0787. The Balaban J connectivity index is 2.15. The summed E-state index contributed by atoms with van der Waals surface area (Å²) in [5.74, 6) is 0.598. The molecular weight excluding hydrogens is 280 g/mol. The normalized spacial score (nSPS) is 19.7. The third-order valence-electron chi connectivity index (χ3n) is 3.33. The van der Waals surface area contributed by atoms with Crippen LogP contribution in [-0.2, 0) is 0 Å². The molecule has 0 aromatic heterocycles. The van der Waals surface area contributed by atoms with Crippen molar-refractivity contribution in [3.05, 3.63) is 33.8 Å². The number of hydrogen-bond donors (Lipinski definition) is 1. The van der Waals surface area contributed by atoms with E-state index in [1.165, 1.54) is 0 Å². The van der Waals surface area contributed by atoms with E-state index in [2.05, 4.69) is 15.9 Å². The van der Waals surface area contributed by atoms with Gasteiger partial charge in [0, 0.05) is 23.1 Å². The Hall–Kier alpha value is -0.870. The molecule has 1 aromatic carbocycles. The van der Waals surface area contributed by atoms with Crippen LogP contribution in [0.2, 0.25) is 0 Å².